The second-order valence-electron chi connectivity index (χ2n) is 7.00. The van der Waals surface area contributed by atoms with Gasteiger partial charge in [-0.1, -0.05) is 54.1 Å². The lowest BCUT2D eigenvalue weighted by molar-refractivity contribution is -0.114. The molecule has 5 heteroatoms. The first kappa shape index (κ1) is 20.1. The first-order valence-electron chi connectivity index (χ1n) is 9.51. The Morgan fingerprint density at radius 1 is 0.862 bits per heavy atom. The Labute approximate surface area is 171 Å². The highest BCUT2D eigenvalue weighted by Crippen LogP contribution is 2.14. The molecule has 0 unspecified atom stereocenters. The standard InChI is InChI=1S/C24H25N3O2/c1-18-11-13-21(14-12-18)26-23(28)16-25-22-10-6-9-20(15-22)24(29)27(2)17-19-7-4-3-5-8-19/h3-15,25H,16-17H2,1-2H3,(H,26,28). The monoisotopic (exact) mass is 387 g/mol. The third-order valence-electron chi connectivity index (χ3n) is 4.51. The molecule has 0 bridgehead atoms. The molecule has 3 aromatic carbocycles. The van der Waals surface area contributed by atoms with Gasteiger partial charge in [-0.3, -0.25) is 9.59 Å². The van der Waals surface area contributed by atoms with E-state index >= 15 is 0 Å². The zero-order chi connectivity index (χ0) is 20.6. The largest absolute Gasteiger partial charge is 0.376 e. The van der Waals surface area contributed by atoms with Crippen LogP contribution in [-0.2, 0) is 11.3 Å². The number of carbonyl (C=O) groups excluding carboxylic acids is 2. The van der Waals surface area contributed by atoms with Crippen LogP contribution in [0.3, 0.4) is 0 Å². The van der Waals surface area contributed by atoms with Gasteiger partial charge in [0.25, 0.3) is 5.91 Å². The normalized spacial score (nSPS) is 10.3. The van der Waals surface area contributed by atoms with E-state index in [1.807, 2.05) is 73.7 Å². The average Bonchev–Trinajstić information content (AvgIpc) is 2.74. The zero-order valence-electron chi connectivity index (χ0n) is 16.7. The minimum Gasteiger partial charge on any atom is -0.376 e. The summed E-state index contributed by atoms with van der Waals surface area (Å²) in [5, 5.41) is 5.92. The highest BCUT2D eigenvalue weighted by molar-refractivity contribution is 5.96. The number of nitrogens with one attached hydrogen (secondary N) is 2. The van der Waals surface area contributed by atoms with Crippen LogP contribution in [-0.4, -0.2) is 30.3 Å². The fourth-order valence-corrected chi connectivity index (χ4v) is 2.94. The predicted molar refractivity (Wildman–Crippen MR) is 117 cm³/mol. The van der Waals surface area contributed by atoms with Gasteiger partial charge in [0.2, 0.25) is 5.91 Å². The molecule has 0 aliphatic heterocycles. The van der Waals surface area contributed by atoms with Gasteiger partial charge in [-0.05, 0) is 42.8 Å². The Morgan fingerprint density at radius 2 is 1.59 bits per heavy atom. The van der Waals surface area contributed by atoms with Crippen molar-refractivity contribution in [3.05, 3.63) is 95.6 Å². The van der Waals surface area contributed by atoms with Crippen LogP contribution in [0.15, 0.2) is 78.9 Å². The summed E-state index contributed by atoms with van der Waals surface area (Å²) in [4.78, 5) is 26.6. The minimum atomic E-state index is -0.147. The van der Waals surface area contributed by atoms with E-state index in [1.54, 1.807) is 24.1 Å². The van der Waals surface area contributed by atoms with Crippen LogP contribution in [0, 0.1) is 6.92 Å². The van der Waals surface area contributed by atoms with Crippen molar-refractivity contribution in [2.75, 3.05) is 24.2 Å². The smallest absolute Gasteiger partial charge is 0.253 e. The van der Waals surface area contributed by atoms with Crippen molar-refractivity contribution in [1.82, 2.24) is 4.90 Å². The number of hydrogen-bond donors (Lipinski definition) is 2. The second kappa shape index (κ2) is 9.55. The van der Waals surface area contributed by atoms with Crippen LogP contribution < -0.4 is 10.6 Å². The van der Waals surface area contributed by atoms with Crippen molar-refractivity contribution in [3.8, 4) is 0 Å². The SMILES string of the molecule is Cc1ccc(NC(=O)CNc2cccc(C(=O)N(C)Cc3ccccc3)c2)cc1. The summed E-state index contributed by atoms with van der Waals surface area (Å²) in [6.07, 6.45) is 0. The topological polar surface area (TPSA) is 61.4 Å². The number of hydrogen-bond acceptors (Lipinski definition) is 3. The Hall–Kier alpha value is -3.60. The Kier molecular flexibility index (Phi) is 6.63. The fourth-order valence-electron chi connectivity index (χ4n) is 2.94. The van der Waals surface area contributed by atoms with E-state index in [9.17, 15) is 9.59 Å². The average molecular weight is 387 g/mol. The predicted octanol–water partition coefficient (Wildman–Crippen LogP) is 4.32. The molecule has 148 valence electrons. The summed E-state index contributed by atoms with van der Waals surface area (Å²) in [6, 6.07) is 24.7. The van der Waals surface area contributed by atoms with E-state index in [0.29, 0.717) is 12.1 Å². The third kappa shape index (κ3) is 5.94. The van der Waals surface area contributed by atoms with Crippen LogP contribution in [0.5, 0.6) is 0 Å². The number of amides is 2. The van der Waals surface area contributed by atoms with Gasteiger partial charge in [0.1, 0.15) is 0 Å². The van der Waals surface area contributed by atoms with Crippen molar-refractivity contribution >= 4 is 23.2 Å². The van der Waals surface area contributed by atoms with Gasteiger partial charge in [0.05, 0.1) is 6.54 Å². The molecule has 2 N–H and O–H groups in total. The Bertz CT molecular complexity index is 969. The molecule has 0 spiro atoms. The molecular formula is C24H25N3O2. The molecular weight excluding hydrogens is 362 g/mol. The van der Waals surface area contributed by atoms with E-state index in [4.69, 9.17) is 0 Å². The number of benzene rings is 3. The van der Waals surface area contributed by atoms with Gasteiger partial charge in [-0.2, -0.15) is 0 Å². The van der Waals surface area contributed by atoms with Gasteiger partial charge < -0.3 is 15.5 Å². The minimum absolute atomic E-state index is 0.0680. The summed E-state index contributed by atoms with van der Waals surface area (Å²) >= 11 is 0. The first-order valence-corrected chi connectivity index (χ1v) is 9.51. The van der Waals surface area contributed by atoms with Crippen molar-refractivity contribution < 1.29 is 9.59 Å². The number of nitrogens with zero attached hydrogens (tertiary/aromatic N) is 1. The highest BCUT2D eigenvalue weighted by atomic mass is 16.2. The molecule has 0 saturated heterocycles. The molecule has 3 rings (SSSR count). The summed E-state index contributed by atoms with van der Waals surface area (Å²) in [5.74, 6) is -0.214. The van der Waals surface area contributed by atoms with Crippen molar-refractivity contribution in [1.29, 1.82) is 0 Å². The molecule has 2 amide bonds. The maximum Gasteiger partial charge on any atom is 0.253 e. The lowest BCUT2D eigenvalue weighted by Crippen LogP contribution is -2.26. The number of anilines is 2. The Balaban J connectivity index is 1.56. The summed E-state index contributed by atoms with van der Waals surface area (Å²) < 4.78 is 0. The molecule has 3 aromatic rings. The van der Waals surface area contributed by atoms with Crippen LogP contribution in [0.1, 0.15) is 21.5 Å². The number of carbonyl (C=O) groups is 2. The van der Waals surface area contributed by atoms with E-state index < -0.39 is 0 Å². The summed E-state index contributed by atoms with van der Waals surface area (Å²) in [5.41, 5.74) is 4.27. The Morgan fingerprint density at radius 3 is 2.31 bits per heavy atom. The second-order valence-corrected chi connectivity index (χ2v) is 7.00. The maximum absolute atomic E-state index is 12.7. The molecule has 0 atom stereocenters. The van der Waals surface area contributed by atoms with Crippen LogP contribution in [0.2, 0.25) is 0 Å². The van der Waals surface area contributed by atoms with Gasteiger partial charge in [-0.25, -0.2) is 0 Å². The highest BCUT2D eigenvalue weighted by Gasteiger charge is 2.13. The number of rotatable bonds is 7. The van der Waals surface area contributed by atoms with Crippen LogP contribution in [0.4, 0.5) is 11.4 Å². The van der Waals surface area contributed by atoms with Crippen LogP contribution in [0.25, 0.3) is 0 Å². The van der Waals surface area contributed by atoms with E-state index in [2.05, 4.69) is 10.6 Å². The molecule has 0 aromatic heterocycles. The molecule has 5 nitrogen and oxygen atoms in total. The fraction of sp³-hybridized carbons (Fsp3) is 0.167. The first-order chi connectivity index (χ1) is 14.0. The van der Waals surface area contributed by atoms with Crippen LogP contribution >= 0.6 is 0 Å². The maximum atomic E-state index is 12.7. The van der Waals surface area contributed by atoms with E-state index in [0.717, 1.165) is 22.5 Å². The molecule has 29 heavy (non-hydrogen) atoms. The van der Waals surface area contributed by atoms with Crippen molar-refractivity contribution in [2.45, 2.75) is 13.5 Å². The third-order valence-corrected chi connectivity index (χ3v) is 4.51. The van der Waals surface area contributed by atoms with E-state index in [-0.39, 0.29) is 18.4 Å². The van der Waals surface area contributed by atoms with Gasteiger partial charge >= 0.3 is 0 Å². The molecule has 0 saturated carbocycles. The summed E-state index contributed by atoms with van der Waals surface area (Å²) in [6.45, 7) is 2.65. The molecule has 0 aliphatic carbocycles. The lowest BCUT2D eigenvalue weighted by Gasteiger charge is -2.18. The quantitative estimate of drug-likeness (QED) is 0.635. The number of aryl methyl sites for hydroxylation is 1. The van der Waals surface area contributed by atoms with Gasteiger partial charge in [0, 0.05) is 30.5 Å². The molecule has 0 radical (unpaired) electrons. The molecule has 0 fully saturated rings. The molecule has 0 heterocycles. The van der Waals surface area contributed by atoms with Gasteiger partial charge in [0.15, 0.2) is 0 Å². The van der Waals surface area contributed by atoms with Crippen molar-refractivity contribution in [2.24, 2.45) is 0 Å². The zero-order valence-corrected chi connectivity index (χ0v) is 16.7. The van der Waals surface area contributed by atoms with Crippen molar-refractivity contribution in [3.63, 3.8) is 0 Å². The van der Waals surface area contributed by atoms with E-state index in [1.165, 1.54) is 0 Å². The lowest BCUT2D eigenvalue weighted by atomic mass is 10.1. The summed E-state index contributed by atoms with van der Waals surface area (Å²) in [7, 11) is 1.78. The van der Waals surface area contributed by atoms with Gasteiger partial charge in [-0.15, -0.1) is 0 Å². The molecule has 0 aliphatic rings.